The Bertz CT molecular complexity index is 471. The molecule has 2 rings (SSSR count). The van der Waals surface area contributed by atoms with Gasteiger partial charge in [-0.2, -0.15) is 0 Å². The predicted molar refractivity (Wildman–Crippen MR) is 73.2 cm³/mol. The maximum absolute atomic E-state index is 10.9. The molecular formula is C15H18N2O2. The molecule has 2 N–H and O–H groups in total. The third-order valence-corrected chi connectivity index (χ3v) is 3.47. The molecule has 1 aromatic carbocycles. The van der Waals surface area contributed by atoms with Gasteiger partial charge in [-0.1, -0.05) is 36.3 Å². The quantitative estimate of drug-likeness (QED) is 0.840. The SMILES string of the molecule is C#CC1(OC(N)=O)CCN(Cc2ccccc2)CC1. The minimum absolute atomic E-state index is 0.624. The van der Waals surface area contributed by atoms with Gasteiger partial charge in [-0.25, -0.2) is 4.79 Å². The molecule has 0 saturated carbocycles. The number of ether oxygens (including phenoxy) is 1. The minimum atomic E-state index is -0.820. The molecule has 0 bridgehead atoms. The van der Waals surface area contributed by atoms with Crippen molar-refractivity contribution in [3.8, 4) is 12.3 Å². The average Bonchev–Trinajstić information content (AvgIpc) is 2.42. The average molecular weight is 258 g/mol. The van der Waals surface area contributed by atoms with Gasteiger partial charge in [0, 0.05) is 32.5 Å². The Morgan fingerprint density at radius 2 is 2.00 bits per heavy atom. The fourth-order valence-corrected chi connectivity index (χ4v) is 2.38. The van der Waals surface area contributed by atoms with Crippen LogP contribution in [0.2, 0.25) is 0 Å². The van der Waals surface area contributed by atoms with E-state index in [1.807, 2.05) is 18.2 Å². The summed E-state index contributed by atoms with van der Waals surface area (Å²) in [7, 11) is 0. The smallest absolute Gasteiger partial charge is 0.406 e. The third kappa shape index (κ3) is 3.49. The first-order chi connectivity index (χ1) is 9.13. The maximum atomic E-state index is 10.9. The number of amides is 1. The van der Waals surface area contributed by atoms with E-state index in [2.05, 4.69) is 23.0 Å². The molecule has 4 heteroatoms. The summed E-state index contributed by atoms with van der Waals surface area (Å²) in [5, 5.41) is 0. The molecule has 0 aliphatic carbocycles. The third-order valence-electron chi connectivity index (χ3n) is 3.47. The van der Waals surface area contributed by atoms with E-state index in [1.165, 1.54) is 5.56 Å². The van der Waals surface area contributed by atoms with Gasteiger partial charge >= 0.3 is 6.09 Å². The van der Waals surface area contributed by atoms with Crippen LogP contribution >= 0.6 is 0 Å². The van der Waals surface area contributed by atoms with Crippen molar-refractivity contribution in [2.24, 2.45) is 5.73 Å². The first-order valence-electron chi connectivity index (χ1n) is 6.36. The Labute approximate surface area is 113 Å². The molecule has 0 aromatic heterocycles. The van der Waals surface area contributed by atoms with Crippen LogP contribution in [-0.2, 0) is 11.3 Å². The van der Waals surface area contributed by atoms with Gasteiger partial charge in [0.1, 0.15) is 0 Å². The lowest BCUT2D eigenvalue weighted by Gasteiger charge is -2.37. The van der Waals surface area contributed by atoms with Crippen LogP contribution in [0, 0.1) is 12.3 Å². The van der Waals surface area contributed by atoms with Crippen LogP contribution in [0.1, 0.15) is 18.4 Å². The topological polar surface area (TPSA) is 55.6 Å². The van der Waals surface area contributed by atoms with Crippen LogP contribution in [0.15, 0.2) is 30.3 Å². The van der Waals surface area contributed by atoms with Crippen LogP contribution in [-0.4, -0.2) is 29.7 Å². The van der Waals surface area contributed by atoms with E-state index >= 15 is 0 Å². The summed E-state index contributed by atoms with van der Waals surface area (Å²) in [5.74, 6) is 2.58. The molecule has 1 amide bonds. The maximum Gasteiger partial charge on any atom is 0.406 e. The number of primary amides is 1. The summed E-state index contributed by atoms with van der Waals surface area (Å²) in [6.07, 6.45) is 5.94. The van der Waals surface area contributed by atoms with Gasteiger partial charge in [0.2, 0.25) is 0 Å². The molecule has 1 saturated heterocycles. The van der Waals surface area contributed by atoms with E-state index in [4.69, 9.17) is 16.9 Å². The summed E-state index contributed by atoms with van der Waals surface area (Å²) in [6.45, 7) is 2.48. The molecule has 0 unspecified atom stereocenters. The van der Waals surface area contributed by atoms with E-state index in [1.54, 1.807) is 0 Å². The van der Waals surface area contributed by atoms with Crippen molar-refractivity contribution in [3.05, 3.63) is 35.9 Å². The fourth-order valence-electron chi connectivity index (χ4n) is 2.38. The van der Waals surface area contributed by atoms with E-state index in [-0.39, 0.29) is 0 Å². The van der Waals surface area contributed by atoms with Crippen molar-refractivity contribution in [1.29, 1.82) is 0 Å². The van der Waals surface area contributed by atoms with Crippen LogP contribution < -0.4 is 5.73 Å². The van der Waals surface area contributed by atoms with Gasteiger partial charge in [0.25, 0.3) is 0 Å². The molecule has 1 aliphatic rings. The number of carbonyl (C=O) groups is 1. The lowest BCUT2D eigenvalue weighted by atomic mass is 9.92. The number of hydrogen-bond donors (Lipinski definition) is 1. The summed E-state index contributed by atoms with van der Waals surface area (Å²) >= 11 is 0. The molecule has 0 radical (unpaired) electrons. The van der Waals surface area contributed by atoms with Gasteiger partial charge in [-0.15, -0.1) is 6.42 Å². The summed E-state index contributed by atoms with van der Waals surface area (Å²) < 4.78 is 5.10. The van der Waals surface area contributed by atoms with Crippen molar-refractivity contribution in [3.63, 3.8) is 0 Å². The Balaban J connectivity index is 1.92. The number of terminal acetylenes is 1. The van der Waals surface area contributed by atoms with E-state index in [0.717, 1.165) is 19.6 Å². The van der Waals surface area contributed by atoms with Crippen LogP contribution in [0.4, 0.5) is 4.79 Å². The Hall–Kier alpha value is -1.99. The number of hydrogen-bond acceptors (Lipinski definition) is 3. The van der Waals surface area contributed by atoms with Crippen LogP contribution in [0.25, 0.3) is 0 Å². The van der Waals surface area contributed by atoms with Crippen molar-refractivity contribution in [2.45, 2.75) is 25.0 Å². The molecule has 4 nitrogen and oxygen atoms in total. The number of nitrogens with zero attached hydrogens (tertiary/aromatic N) is 1. The summed E-state index contributed by atoms with van der Waals surface area (Å²) in [4.78, 5) is 13.2. The first-order valence-corrected chi connectivity index (χ1v) is 6.36. The fraction of sp³-hybridized carbons (Fsp3) is 0.400. The number of nitrogens with two attached hydrogens (primary N) is 1. The Morgan fingerprint density at radius 1 is 1.37 bits per heavy atom. The monoisotopic (exact) mass is 258 g/mol. The normalized spacial score (nSPS) is 18.5. The Morgan fingerprint density at radius 3 is 2.53 bits per heavy atom. The zero-order valence-electron chi connectivity index (χ0n) is 10.8. The van der Waals surface area contributed by atoms with E-state index in [9.17, 15) is 4.79 Å². The number of carbonyl (C=O) groups excluding carboxylic acids is 1. The molecule has 19 heavy (non-hydrogen) atoms. The van der Waals surface area contributed by atoms with Gasteiger partial charge in [0.15, 0.2) is 5.60 Å². The molecule has 0 spiro atoms. The zero-order chi connectivity index (χ0) is 13.7. The van der Waals surface area contributed by atoms with Crippen LogP contribution in [0.5, 0.6) is 0 Å². The summed E-state index contributed by atoms with van der Waals surface area (Å²) in [6, 6.07) is 10.3. The minimum Gasteiger partial charge on any atom is -0.430 e. The highest BCUT2D eigenvalue weighted by atomic mass is 16.6. The van der Waals surface area contributed by atoms with E-state index in [0.29, 0.717) is 12.8 Å². The highest BCUT2D eigenvalue weighted by Gasteiger charge is 2.35. The molecule has 1 aromatic rings. The van der Waals surface area contributed by atoms with Crippen molar-refractivity contribution in [2.75, 3.05) is 13.1 Å². The lowest BCUT2D eigenvalue weighted by Crippen LogP contribution is -2.46. The highest BCUT2D eigenvalue weighted by Crippen LogP contribution is 2.26. The molecule has 1 heterocycles. The highest BCUT2D eigenvalue weighted by molar-refractivity contribution is 5.65. The number of benzene rings is 1. The van der Waals surface area contributed by atoms with Crippen molar-refractivity contribution >= 4 is 6.09 Å². The molecule has 100 valence electrons. The second kappa shape index (κ2) is 5.77. The lowest BCUT2D eigenvalue weighted by molar-refractivity contribution is 0.00799. The molecular weight excluding hydrogens is 240 g/mol. The van der Waals surface area contributed by atoms with Gasteiger partial charge in [-0.3, -0.25) is 4.90 Å². The van der Waals surface area contributed by atoms with Gasteiger partial charge in [-0.05, 0) is 5.56 Å². The second-order valence-electron chi connectivity index (χ2n) is 4.82. The van der Waals surface area contributed by atoms with E-state index < -0.39 is 11.7 Å². The number of likely N-dealkylation sites (tertiary alicyclic amines) is 1. The number of piperidine rings is 1. The molecule has 0 atom stereocenters. The van der Waals surface area contributed by atoms with Crippen molar-refractivity contribution in [1.82, 2.24) is 4.90 Å². The Kier molecular flexibility index (Phi) is 4.08. The molecule has 1 fully saturated rings. The number of rotatable bonds is 3. The second-order valence-corrected chi connectivity index (χ2v) is 4.82. The zero-order valence-corrected chi connectivity index (χ0v) is 10.8. The van der Waals surface area contributed by atoms with Gasteiger partial charge in [0.05, 0.1) is 0 Å². The van der Waals surface area contributed by atoms with Gasteiger partial charge < -0.3 is 10.5 Å². The summed E-state index contributed by atoms with van der Waals surface area (Å²) in [5.41, 5.74) is 5.52. The van der Waals surface area contributed by atoms with Crippen LogP contribution in [0.3, 0.4) is 0 Å². The largest absolute Gasteiger partial charge is 0.430 e. The predicted octanol–water partition coefficient (Wildman–Crippen LogP) is 1.75. The molecule has 1 aliphatic heterocycles. The first kappa shape index (κ1) is 13.4. The standard InChI is InChI=1S/C15H18N2O2/c1-2-15(19-14(16)18)8-10-17(11-9-15)12-13-6-4-3-5-7-13/h1,3-7H,8-12H2,(H2,16,18). The van der Waals surface area contributed by atoms with Crippen molar-refractivity contribution < 1.29 is 9.53 Å².